The number of thioether (sulfide) groups is 4. The zero-order chi connectivity index (χ0) is 25.6. The lowest BCUT2D eigenvalue weighted by Crippen LogP contribution is -2.14. The first-order chi connectivity index (χ1) is 18.9. The van der Waals surface area contributed by atoms with Gasteiger partial charge in [-0.3, -0.25) is 0 Å². The summed E-state index contributed by atoms with van der Waals surface area (Å²) in [7, 11) is 0. The molecule has 0 unspecified atom stereocenters. The van der Waals surface area contributed by atoms with E-state index < -0.39 is 0 Å². The van der Waals surface area contributed by atoms with Gasteiger partial charge < -0.3 is 18.9 Å². The number of hydrogen-bond acceptors (Lipinski definition) is 12. The van der Waals surface area contributed by atoms with Crippen molar-refractivity contribution in [3.8, 4) is 42.5 Å². The Hall–Kier alpha value is -0.600. The number of hydrogen-bond donors (Lipinski definition) is 0. The number of thiophene rings is 4. The Kier molecular flexibility index (Phi) is 10.0. The molecule has 0 bridgehead atoms. The SMILES string of the molecule is c1cc(SCCSCCSCCSc2ccsc2-c2scc3c2OCCO3)c(-c2scc3c2OCCO3)s1. The first-order valence-electron chi connectivity index (χ1n) is 12.2. The Morgan fingerprint density at radius 3 is 1.47 bits per heavy atom. The van der Waals surface area contributed by atoms with Crippen LogP contribution in [0.25, 0.3) is 19.5 Å². The molecule has 202 valence electrons. The largest absolute Gasteiger partial charge is 0.485 e. The average molecular weight is 659 g/mol. The highest BCUT2D eigenvalue weighted by Gasteiger charge is 2.23. The van der Waals surface area contributed by atoms with Gasteiger partial charge in [0, 0.05) is 55.1 Å². The minimum Gasteiger partial charge on any atom is -0.485 e. The van der Waals surface area contributed by atoms with Gasteiger partial charge in [-0.1, -0.05) is 0 Å². The van der Waals surface area contributed by atoms with E-state index in [2.05, 4.69) is 57.2 Å². The maximum atomic E-state index is 5.90. The Morgan fingerprint density at radius 2 is 0.974 bits per heavy atom. The second-order valence-corrected chi connectivity index (χ2v) is 16.4. The molecule has 0 atom stereocenters. The summed E-state index contributed by atoms with van der Waals surface area (Å²) in [5.74, 6) is 10.7. The van der Waals surface area contributed by atoms with Crippen LogP contribution in [0, 0.1) is 0 Å². The van der Waals surface area contributed by atoms with Gasteiger partial charge in [0.25, 0.3) is 0 Å². The summed E-state index contributed by atoms with van der Waals surface area (Å²) in [5.41, 5.74) is 0. The number of rotatable bonds is 13. The lowest BCUT2D eigenvalue weighted by atomic mass is 10.3. The molecule has 0 aliphatic carbocycles. The van der Waals surface area contributed by atoms with Crippen LogP contribution in [0.3, 0.4) is 0 Å². The van der Waals surface area contributed by atoms with Gasteiger partial charge >= 0.3 is 0 Å². The van der Waals surface area contributed by atoms with Crippen molar-refractivity contribution in [1.29, 1.82) is 0 Å². The molecule has 38 heavy (non-hydrogen) atoms. The molecule has 0 aromatic carbocycles. The molecule has 4 aromatic heterocycles. The minimum atomic E-state index is 0.634. The molecule has 0 spiro atoms. The molecule has 0 amide bonds. The lowest BCUT2D eigenvalue weighted by molar-refractivity contribution is 0.174. The van der Waals surface area contributed by atoms with Crippen molar-refractivity contribution in [2.45, 2.75) is 9.79 Å². The summed E-state index contributed by atoms with van der Waals surface area (Å²) in [4.78, 5) is 7.78. The zero-order valence-electron chi connectivity index (χ0n) is 20.4. The number of ether oxygens (including phenoxy) is 4. The molecule has 0 fully saturated rings. The molecule has 0 radical (unpaired) electrons. The normalized spacial score (nSPS) is 14.2. The van der Waals surface area contributed by atoms with E-state index in [1.807, 2.05) is 23.5 Å². The molecule has 0 saturated carbocycles. The first kappa shape index (κ1) is 27.6. The summed E-state index contributed by atoms with van der Waals surface area (Å²) < 4.78 is 23.3. The van der Waals surface area contributed by atoms with Crippen LogP contribution in [-0.4, -0.2) is 60.9 Å². The van der Waals surface area contributed by atoms with Crippen LogP contribution in [0.5, 0.6) is 23.0 Å². The highest BCUT2D eigenvalue weighted by Crippen LogP contribution is 2.51. The summed E-state index contributed by atoms with van der Waals surface area (Å²) in [5, 5.41) is 8.52. The van der Waals surface area contributed by atoms with Crippen LogP contribution < -0.4 is 18.9 Å². The molecule has 12 heteroatoms. The summed E-state index contributed by atoms with van der Waals surface area (Å²) in [6, 6.07) is 4.48. The summed E-state index contributed by atoms with van der Waals surface area (Å²) in [6.07, 6.45) is 0. The topological polar surface area (TPSA) is 36.9 Å². The van der Waals surface area contributed by atoms with Crippen LogP contribution >= 0.6 is 92.4 Å². The fourth-order valence-corrected chi connectivity index (χ4v) is 12.9. The molecule has 6 heterocycles. The van der Waals surface area contributed by atoms with Gasteiger partial charge in [-0.05, 0) is 22.9 Å². The standard InChI is InChI=1S/C26H26O4S8/c1-7-35-23(25-21-17(15-37-25)27-3-5-29-21)19(1)33-13-11-31-9-10-32-12-14-34-20-2-8-36-24(20)26-22-18(16-38-26)28-4-6-30-22/h1-2,7-8,15-16H,3-6,9-14H2. The van der Waals surface area contributed by atoms with Crippen molar-refractivity contribution < 1.29 is 18.9 Å². The van der Waals surface area contributed by atoms with E-state index in [1.54, 1.807) is 45.3 Å². The fourth-order valence-electron chi connectivity index (χ4n) is 3.94. The van der Waals surface area contributed by atoms with Crippen LogP contribution in [0.15, 0.2) is 43.4 Å². The molecule has 2 aliphatic rings. The minimum absolute atomic E-state index is 0.634. The fraction of sp³-hybridized carbons (Fsp3) is 0.385. The smallest absolute Gasteiger partial charge is 0.180 e. The Morgan fingerprint density at radius 1 is 0.526 bits per heavy atom. The third-order valence-corrected chi connectivity index (χ3v) is 14.8. The van der Waals surface area contributed by atoms with E-state index >= 15 is 0 Å². The maximum Gasteiger partial charge on any atom is 0.180 e. The molecular weight excluding hydrogens is 633 g/mol. The van der Waals surface area contributed by atoms with Crippen molar-refractivity contribution in [2.75, 3.05) is 60.9 Å². The molecule has 0 N–H and O–H groups in total. The highest BCUT2D eigenvalue weighted by molar-refractivity contribution is 8.05. The van der Waals surface area contributed by atoms with Crippen LogP contribution in [0.2, 0.25) is 0 Å². The van der Waals surface area contributed by atoms with Crippen molar-refractivity contribution >= 4 is 92.4 Å². The van der Waals surface area contributed by atoms with E-state index in [9.17, 15) is 0 Å². The van der Waals surface area contributed by atoms with E-state index in [1.165, 1.54) is 52.3 Å². The van der Waals surface area contributed by atoms with Gasteiger partial charge in [-0.25, -0.2) is 0 Å². The Bertz CT molecular complexity index is 1220. The van der Waals surface area contributed by atoms with E-state index in [0.29, 0.717) is 26.4 Å². The highest BCUT2D eigenvalue weighted by atomic mass is 32.2. The van der Waals surface area contributed by atoms with Gasteiger partial charge in [-0.15, -0.1) is 68.9 Å². The van der Waals surface area contributed by atoms with E-state index in [4.69, 9.17) is 18.9 Å². The second-order valence-electron chi connectivity index (χ2n) is 8.06. The monoisotopic (exact) mass is 658 g/mol. The molecule has 2 aliphatic heterocycles. The van der Waals surface area contributed by atoms with Gasteiger partial charge in [-0.2, -0.15) is 23.5 Å². The van der Waals surface area contributed by atoms with E-state index in [0.717, 1.165) is 34.5 Å². The summed E-state index contributed by atoms with van der Waals surface area (Å²) >= 11 is 15.1. The van der Waals surface area contributed by atoms with Crippen molar-refractivity contribution in [3.05, 3.63) is 33.7 Å². The van der Waals surface area contributed by atoms with Gasteiger partial charge in [0.1, 0.15) is 26.4 Å². The third-order valence-electron chi connectivity index (χ3n) is 5.62. The molecule has 4 aromatic rings. The van der Waals surface area contributed by atoms with Gasteiger partial charge in [0.2, 0.25) is 0 Å². The third kappa shape index (κ3) is 6.48. The Labute approximate surface area is 256 Å². The second kappa shape index (κ2) is 13.8. The molecular formula is C26H26O4S8. The van der Waals surface area contributed by atoms with Gasteiger partial charge in [0.05, 0.1) is 19.5 Å². The van der Waals surface area contributed by atoms with E-state index in [-0.39, 0.29) is 0 Å². The zero-order valence-corrected chi connectivity index (χ0v) is 27.0. The molecule has 4 nitrogen and oxygen atoms in total. The first-order valence-corrected chi connectivity index (χ1v) is 20.0. The average Bonchev–Trinajstić information content (AvgIpc) is 3.75. The van der Waals surface area contributed by atoms with Crippen LogP contribution in [0.1, 0.15) is 0 Å². The lowest BCUT2D eigenvalue weighted by Gasteiger charge is -2.16. The molecule has 0 saturated heterocycles. The van der Waals surface area contributed by atoms with Crippen molar-refractivity contribution in [3.63, 3.8) is 0 Å². The summed E-state index contributed by atoms with van der Waals surface area (Å²) in [6.45, 7) is 2.55. The van der Waals surface area contributed by atoms with Crippen LogP contribution in [0.4, 0.5) is 0 Å². The van der Waals surface area contributed by atoms with Gasteiger partial charge in [0.15, 0.2) is 23.0 Å². The van der Waals surface area contributed by atoms with Crippen molar-refractivity contribution in [1.82, 2.24) is 0 Å². The number of fused-ring (bicyclic) bond motifs is 2. The van der Waals surface area contributed by atoms with Crippen molar-refractivity contribution in [2.24, 2.45) is 0 Å². The maximum absolute atomic E-state index is 5.90. The Balaban J connectivity index is 0.870. The quantitative estimate of drug-likeness (QED) is 0.104. The molecule has 6 rings (SSSR count). The predicted octanol–water partition coefficient (Wildman–Crippen LogP) is 9.16. The predicted molar refractivity (Wildman–Crippen MR) is 173 cm³/mol. The van der Waals surface area contributed by atoms with Crippen LogP contribution in [-0.2, 0) is 0 Å².